The molecule has 0 unspecified atom stereocenters. The van der Waals surface area contributed by atoms with E-state index in [4.69, 9.17) is 11.6 Å². The van der Waals surface area contributed by atoms with Gasteiger partial charge in [0.05, 0.1) is 10.4 Å². The van der Waals surface area contributed by atoms with Crippen molar-refractivity contribution in [1.82, 2.24) is 0 Å². The molecule has 1 nitrogen and oxygen atoms in total. The summed E-state index contributed by atoms with van der Waals surface area (Å²) < 4.78 is 0.746. The summed E-state index contributed by atoms with van der Waals surface area (Å²) in [6.45, 7) is 2.05. The second-order valence-electron chi connectivity index (χ2n) is 2.45. The van der Waals surface area contributed by atoms with Crippen molar-refractivity contribution in [1.29, 1.82) is 0 Å². The normalized spacial score (nSPS) is 13.4. The Morgan fingerprint density at radius 3 is 2.82 bits per heavy atom. The lowest BCUT2D eigenvalue weighted by Crippen LogP contribution is -1.91. The molecule has 1 aromatic rings. The standard InChI is InChI=1S/C8H11ClOS/c1-2-3-6(10)7-4-5-8(9)11-7/h4-6,10H,2-3H2,1H3/t6-/m0/s1. The number of aliphatic hydroxyl groups excluding tert-OH is 1. The molecule has 0 aliphatic carbocycles. The lowest BCUT2D eigenvalue weighted by Gasteiger charge is -2.04. The molecule has 0 fully saturated rings. The third-order valence-corrected chi connectivity index (χ3v) is 2.82. The van der Waals surface area contributed by atoms with Crippen molar-refractivity contribution >= 4 is 22.9 Å². The van der Waals surface area contributed by atoms with Crippen molar-refractivity contribution in [2.75, 3.05) is 0 Å². The third-order valence-electron chi connectivity index (χ3n) is 1.48. The first-order valence-corrected chi connectivity index (χ1v) is 4.86. The largest absolute Gasteiger partial charge is 0.388 e. The molecule has 11 heavy (non-hydrogen) atoms. The Bertz CT molecular complexity index is 222. The van der Waals surface area contributed by atoms with Crippen LogP contribution in [0.25, 0.3) is 0 Å². The molecule has 0 aliphatic heterocycles. The predicted octanol–water partition coefficient (Wildman–Crippen LogP) is 3.24. The summed E-state index contributed by atoms with van der Waals surface area (Å²) in [4.78, 5) is 0.969. The Hall–Kier alpha value is -0.0500. The summed E-state index contributed by atoms with van der Waals surface area (Å²) in [5.74, 6) is 0. The number of rotatable bonds is 3. The van der Waals surface area contributed by atoms with E-state index in [2.05, 4.69) is 6.92 Å². The highest BCUT2D eigenvalue weighted by molar-refractivity contribution is 7.16. The summed E-state index contributed by atoms with van der Waals surface area (Å²) in [6.07, 6.45) is 1.49. The Morgan fingerprint density at radius 2 is 2.36 bits per heavy atom. The van der Waals surface area contributed by atoms with Crippen LogP contribution in [0.4, 0.5) is 0 Å². The molecule has 1 aromatic heterocycles. The minimum atomic E-state index is -0.322. The summed E-state index contributed by atoms with van der Waals surface area (Å²) in [5, 5.41) is 9.49. The van der Waals surface area contributed by atoms with E-state index in [1.165, 1.54) is 11.3 Å². The molecule has 0 radical (unpaired) electrons. The molecule has 1 rings (SSSR count). The molecule has 62 valence electrons. The summed E-state index contributed by atoms with van der Waals surface area (Å²) in [7, 11) is 0. The van der Waals surface area contributed by atoms with Gasteiger partial charge in [0.1, 0.15) is 0 Å². The minimum absolute atomic E-state index is 0.322. The molecule has 0 aromatic carbocycles. The molecule has 0 aliphatic rings. The number of halogens is 1. The van der Waals surface area contributed by atoms with Gasteiger partial charge in [-0.15, -0.1) is 11.3 Å². The van der Waals surface area contributed by atoms with Crippen LogP contribution in [0, 0.1) is 0 Å². The molecule has 0 saturated heterocycles. The van der Waals surface area contributed by atoms with Crippen LogP contribution in [0.3, 0.4) is 0 Å². The number of aliphatic hydroxyl groups is 1. The molecule has 0 saturated carbocycles. The van der Waals surface area contributed by atoms with Crippen molar-refractivity contribution in [2.24, 2.45) is 0 Å². The van der Waals surface area contributed by atoms with Gasteiger partial charge in [-0.25, -0.2) is 0 Å². The van der Waals surface area contributed by atoms with Crippen LogP contribution < -0.4 is 0 Å². The highest BCUT2D eigenvalue weighted by Gasteiger charge is 2.07. The van der Waals surface area contributed by atoms with Crippen molar-refractivity contribution in [3.05, 3.63) is 21.3 Å². The zero-order valence-corrected chi connectivity index (χ0v) is 7.95. The van der Waals surface area contributed by atoms with Gasteiger partial charge in [0.25, 0.3) is 0 Å². The van der Waals surface area contributed by atoms with Gasteiger partial charge in [-0.1, -0.05) is 24.9 Å². The fourth-order valence-corrected chi connectivity index (χ4v) is 2.00. The van der Waals surface area contributed by atoms with Crippen LogP contribution in [0.2, 0.25) is 4.34 Å². The molecule has 0 bridgehead atoms. The van der Waals surface area contributed by atoms with E-state index >= 15 is 0 Å². The Kier molecular flexibility index (Phi) is 3.37. The first kappa shape index (κ1) is 9.04. The van der Waals surface area contributed by atoms with Crippen LogP contribution in [-0.2, 0) is 0 Å². The fourth-order valence-electron chi connectivity index (χ4n) is 0.923. The average molecular weight is 191 g/mol. The van der Waals surface area contributed by atoms with Gasteiger partial charge in [-0.3, -0.25) is 0 Å². The quantitative estimate of drug-likeness (QED) is 0.776. The second-order valence-corrected chi connectivity index (χ2v) is 4.19. The molecule has 1 atom stereocenters. The van der Waals surface area contributed by atoms with E-state index in [1.807, 2.05) is 12.1 Å². The van der Waals surface area contributed by atoms with Crippen LogP contribution >= 0.6 is 22.9 Å². The monoisotopic (exact) mass is 190 g/mol. The molecule has 1 N–H and O–H groups in total. The van der Waals surface area contributed by atoms with E-state index in [-0.39, 0.29) is 6.10 Å². The summed E-state index contributed by atoms with van der Waals surface area (Å²) in [6, 6.07) is 3.70. The molecule has 0 spiro atoms. The zero-order valence-electron chi connectivity index (χ0n) is 6.38. The highest BCUT2D eigenvalue weighted by atomic mass is 35.5. The maximum atomic E-state index is 9.49. The number of hydrogen-bond donors (Lipinski definition) is 1. The minimum Gasteiger partial charge on any atom is -0.388 e. The average Bonchev–Trinajstić information content (AvgIpc) is 2.36. The maximum Gasteiger partial charge on any atom is 0.0932 e. The Morgan fingerprint density at radius 1 is 1.64 bits per heavy atom. The van der Waals surface area contributed by atoms with Crippen LogP contribution in [0.15, 0.2) is 12.1 Å². The first-order valence-electron chi connectivity index (χ1n) is 3.67. The summed E-state index contributed by atoms with van der Waals surface area (Å²) >= 11 is 7.16. The maximum absolute atomic E-state index is 9.49. The second kappa shape index (κ2) is 4.10. The van der Waals surface area contributed by atoms with Gasteiger partial charge in [-0.2, -0.15) is 0 Å². The Balaban J connectivity index is 2.60. The number of thiophene rings is 1. The lowest BCUT2D eigenvalue weighted by atomic mass is 10.2. The highest BCUT2D eigenvalue weighted by Crippen LogP contribution is 2.28. The van der Waals surface area contributed by atoms with Crippen LogP contribution in [-0.4, -0.2) is 5.11 Å². The molecule has 3 heteroatoms. The van der Waals surface area contributed by atoms with Gasteiger partial charge in [0.2, 0.25) is 0 Å². The van der Waals surface area contributed by atoms with Crippen LogP contribution in [0.1, 0.15) is 30.7 Å². The van der Waals surface area contributed by atoms with Gasteiger partial charge < -0.3 is 5.11 Å². The van der Waals surface area contributed by atoms with Crippen molar-refractivity contribution < 1.29 is 5.11 Å². The van der Waals surface area contributed by atoms with Crippen molar-refractivity contribution in [3.63, 3.8) is 0 Å². The van der Waals surface area contributed by atoms with Crippen molar-refractivity contribution in [3.8, 4) is 0 Å². The van der Waals surface area contributed by atoms with Crippen molar-refractivity contribution in [2.45, 2.75) is 25.9 Å². The summed E-state index contributed by atoms with van der Waals surface area (Å²) in [5.41, 5.74) is 0. The topological polar surface area (TPSA) is 20.2 Å². The first-order chi connectivity index (χ1) is 5.24. The van der Waals surface area contributed by atoms with Gasteiger partial charge >= 0.3 is 0 Å². The van der Waals surface area contributed by atoms with E-state index < -0.39 is 0 Å². The van der Waals surface area contributed by atoms with Gasteiger partial charge in [-0.05, 0) is 18.6 Å². The number of hydrogen-bond acceptors (Lipinski definition) is 2. The van der Waals surface area contributed by atoms with E-state index in [1.54, 1.807) is 0 Å². The lowest BCUT2D eigenvalue weighted by molar-refractivity contribution is 0.170. The zero-order chi connectivity index (χ0) is 8.27. The Labute approximate surface area is 75.6 Å². The molecule has 1 heterocycles. The SMILES string of the molecule is CCC[C@H](O)c1ccc(Cl)s1. The fraction of sp³-hybridized carbons (Fsp3) is 0.500. The molecular weight excluding hydrogens is 180 g/mol. The van der Waals surface area contributed by atoms with Gasteiger partial charge in [0.15, 0.2) is 0 Å². The molecular formula is C8H11ClOS. The van der Waals surface area contributed by atoms with E-state index in [9.17, 15) is 5.11 Å². The van der Waals surface area contributed by atoms with Gasteiger partial charge in [0, 0.05) is 4.88 Å². The van der Waals surface area contributed by atoms with E-state index in [0.29, 0.717) is 0 Å². The van der Waals surface area contributed by atoms with E-state index in [0.717, 1.165) is 22.1 Å². The predicted molar refractivity (Wildman–Crippen MR) is 49.2 cm³/mol. The molecule has 0 amide bonds. The smallest absolute Gasteiger partial charge is 0.0932 e. The third kappa shape index (κ3) is 2.47. The van der Waals surface area contributed by atoms with Crippen LogP contribution in [0.5, 0.6) is 0 Å².